The molecular formula is C12H14N6O2. The zero-order valence-electron chi connectivity index (χ0n) is 10.7. The third-order valence-corrected chi connectivity index (χ3v) is 4.59. The number of tetrazole rings is 1. The molecule has 104 valence electrons. The zero-order valence-corrected chi connectivity index (χ0v) is 10.7. The van der Waals surface area contributed by atoms with Crippen LogP contribution in [0.2, 0.25) is 0 Å². The van der Waals surface area contributed by atoms with Gasteiger partial charge in [-0.15, -0.1) is 14.8 Å². The van der Waals surface area contributed by atoms with Crippen LogP contribution in [0.3, 0.4) is 0 Å². The van der Waals surface area contributed by atoms with Crippen molar-refractivity contribution >= 4 is 17.4 Å². The first-order valence-corrected chi connectivity index (χ1v) is 6.77. The van der Waals surface area contributed by atoms with Crippen LogP contribution in [0.5, 0.6) is 0 Å². The van der Waals surface area contributed by atoms with Crippen molar-refractivity contribution in [3.8, 4) is 0 Å². The van der Waals surface area contributed by atoms with Crippen molar-refractivity contribution in [2.24, 2.45) is 17.8 Å². The molecule has 0 spiro atoms. The average molecular weight is 274 g/mol. The topological polar surface area (TPSA) is 105 Å². The Morgan fingerprint density at radius 2 is 2.20 bits per heavy atom. The standard InChI is InChI=1S/C12H14N6O2/c19-12(20)10-6-1-2-7(5-6)11(10)13-8-3-4-9-14-16-17-18(9)15-8/h3-4,6-7,10-11H,1-2,5H2,(H,13,15)(H,19,20). The van der Waals surface area contributed by atoms with E-state index in [-0.39, 0.29) is 12.0 Å². The van der Waals surface area contributed by atoms with E-state index < -0.39 is 5.97 Å². The zero-order chi connectivity index (χ0) is 13.7. The molecule has 0 saturated heterocycles. The highest BCUT2D eigenvalue weighted by molar-refractivity contribution is 5.73. The molecule has 0 radical (unpaired) electrons. The highest BCUT2D eigenvalue weighted by atomic mass is 16.4. The molecule has 2 heterocycles. The third-order valence-electron chi connectivity index (χ3n) is 4.59. The molecule has 4 atom stereocenters. The molecule has 8 nitrogen and oxygen atoms in total. The van der Waals surface area contributed by atoms with Crippen molar-refractivity contribution in [3.05, 3.63) is 12.1 Å². The maximum Gasteiger partial charge on any atom is 0.308 e. The second-order valence-electron chi connectivity index (χ2n) is 5.61. The molecule has 20 heavy (non-hydrogen) atoms. The van der Waals surface area contributed by atoms with Crippen LogP contribution in [0.1, 0.15) is 19.3 Å². The van der Waals surface area contributed by atoms with E-state index in [0.717, 1.165) is 19.3 Å². The highest BCUT2D eigenvalue weighted by Crippen LogP contribution is 2.49. The number of carboxylic acid groups (broad SMARTS) is 1. The lowest BCUT2D eigenvalue weighted by Crippen LogP contribution is -2.39. The van der Waals surface area contributed by atoms with Crippen LogP contribution in [0.4, 0.5) is 5.82 Å². The van der Waals surface area contributed by atoms with Crippen molar-refractivity contribution in [1.29, 1.82) is 0 Å². The lowest BCUT2D eigenvalue weighted by molar-refractivity contribution is -0.143. The van der Waals surface area contributed by atoms with Gasteiger partial charge >= 0.3 is 5.97 Å². The Morgan fingerprint density at radius 1 is 1.35 bits per heavy atom. The van der Waals surface area contributed by atoms with E-state index >= 15 is 0 Å². The Labute approximate surface area is 114 Å². The molecule has 0 amide bonds. The first kappa shape index (κ1) is 11.6. The summed E-state index contributed by atoms with van der Waals surface area (Å²) in [6, 6.07) is 3.50. The van der Waals surface area contributed by atoms with Crippen LogP contribution in [0.15, 0.2) is 12.1 Å². The van der Waals surface area contributed by atoms with Crippen molar-refractivity contribution in [2.75, 3.05) is 5.32 Å². The normalized spacial score (nSPS) is 31.8. The molecule has 2 fully saturated rings. The van der Waals surface area contributed by atoms with Gasteiger partial charge in [-0.2, -0.15) is 0 Å². The predicted octanol–water partition coefficient (Wildman–Crippen LogP) is 0.430. The summed E-state index contributed by atoms with van der Waals surface area (Å²) in [5.74, 6) is 0.311. The highest BCUT2D eigenvalue weighted by Gasteiger charge is 2.51. The fourth-order valence-electron chi connectivity index (χ4n) is 3.75. The van der Waals surface area contributed by atoms with E-state index in [2.05, 4.69) is 25.9 Å². The number of fused-ring (bicyclic) bond motifs is 3. The van der Waals surface area contributed by atoms with E-state index in [1.807, 2.05) is 0 Å². The van der Waals surface area contributed by atoms with Crippen molar-refractivity contribution < 1.29 is 9.90 Å². The van der Waals surface area contributed by atoms with Gasteiger partial charge in [0.1, 0.15) is 5.82 Å². The second kappa shape index (κ2) is 4.12. The predicted molar refractivity (Wildman–Crippen MR) is 67.9 cm³/mol. The number of anilines is 1. The SMILES string of the molecule is O=C(O)C1C2CCC(C2)C1Nc1ccc2nnnn2n1. The van der Waals surface area contributed by atoms with Crippen molar-refractivity contribution in [2.45, 2.75) is 25.3 Å². The van der Waals surface area contributed by atoms with Crippen LogP contribution in [-0.4, -0.2) is 42.4 Å². The Kier molecular flexibility index (Phi) is 2.38. The lowest BCUT2D eigenvalue weighted by atomic mass is 9.84. The number of nitrogens with zero attached hydrogens (tertiary/aromatic N) is 5. The van der Waals surface area contributed by atoms with Gasteiger partial charge in [0.25, 0.3) is 0 Å². The lowest BCUT2D eigenvalue weighted by Gasteiger charge is -2.29. The van der Waals surface area contributed by atoms with Crippen molar-refractivity contribution in [3.63, 3.8) is 0 Å². The maximum atomic E-state index is 11.5. The summed E-state index contributed by atoms with van der Waals surface area (Å²) in [4.78, 5) is 11.5. The summed E-state index contributed by atoms with van der Waals surface area (Å²) in [5, 5.41) is 28.0. The number of carboxylic acids is 1. The van der Waals surface area contributed by atoms with Crippen LogP contribution < -0.4 is 5.32 Å². The van der Waals surface area contributed by atoms with Gasteiger partial charge in [0.05, 0.1) is 5.92 Å². The molecule has 4 rings (SSSR count). The molecular weight excluding hydrogens is 260 g/mol. The van der Waals surface area contributed by atoms with E-state index in [4.69, 9.17) is 0 Å². The summed E-state index contributed by atoms with van der Waals surface area (Å²) in [5.41, 5.74) is 0.568. The largest absolute Gasteiger partial charge is 0.481 e. The number of hydrogen-bond acceptors (Lipinski definition) is 6. The van der Waals surface area contributed by atoms with E-state index in [9.17, 15) is 9.90 Å². The maximum absolute atomic E-state index is 11.5. The van der Waals surface area contributed by atoms with Crippen molar-refractivity contribution in [1.82, 2.24) is 25.3 Å². The Hall–Kier alpha value is -2.25. The average Bonchev–Trinajstić information content (AvgIpc) is 3.12. The minimum Gasteiger partial charge on any atom is -0.481 e. The van der Waals surface area contributed by atoms with Crippen LogP contribution in [0.25, 0.3) is 5.65 Å². The number of hydrogen-bond donors (Lipinski definition) is 2. The third kappa shape index (κ3) is 1.64. The van der Waals surface area contributed by atoms with Crippen LogP contribution in [0, 0.1) is 17.8 Å². The van der Waals surface area contributed by atoms with Gasteiger partial charge in [-0.1, -0.05) is 0 Å². The molecule has 2 bridgehead atoms. The van der Waals surface area contributed by atoms with Crippen LogP contribution in [-0.2, 0) is 4.79 Å². The fraction of sp³-hybridized carbons (Fsp3) is 0.583. The summed E-state index contributed by atoms with van der Waals surface area (Å²) in [7, 11) is 0. The summed E-state index contributed by atoms with van der Waals surface area (Å²) in [6.07, 6.45) is 3.13. The smallest absolute Gasteiger partial charge is 0.308 e. The summed E-state index contributed by atoms with van der Waals surface area (Å²) >= 11 is 0. The second-order valence-corrected chi connectivity index (χ2v) is 5.61. The summed E-state index contributed by atoms with van der Waals surface area (Å²) < 4.78 is 1.34. The molecule has 4 unspecified atom stereocenters. The van der Waals surface area contributed by atoms with Gasteiger partial charge in [0.15, 0.2) is 5.65 Å². The monoisotopic (exact) mass is 274 g/mol. The number of nitrogens with one attached hydrogen (secondary N) is 1. The molecule has 0 aliphatic heterocycles. The number of aromatic nitrogens is 5. The first-order chi connectivity index (χ1) is 9.72. The number of rotatable bonds is 3. The van der Waals surface area contributed by atoms with Gasteiger partial charge in [0.2, 0.25) is 0 Å². The quantitative estimate of drug-likeness (QED) is 0.836. The number of aliphatic carboxylic acids is 1. The number of carbonyl (C=O) groups is 1. The molecule has 8 heteroatoms. The van der Waals surface area contributed by atoms with E-state index in [1.165, 1.54) is 4.63 Å². The molecule has 2 aliphatic rings. The minimum atomic E-state index is -0.710. The van der Waals surface area contributed by atoms with Gasteiger partial charge in [-0.3, -0.25) is 4.79 Å². The molecule has 2 N–H and O–H groups in total. The van der Waals surface area contributed by atoms with E-state index in [0.29, 0.717) is 23.3 Å². The first-order valence-electron chi connectivity index (χ1n) is 6.77. The molecule has 2 aromatic heterocycles. The molecule has 2 saturated carbocycles. The summed E-state index contributed by atoms with van der Waals surface area (Å²) in [6.45, 7) is 0. The van der Waals surface area contributed by atoms with E-state index in [1.54, 1.807) is 12.1 Å². The molecule has 0 aromatic carbocycles. The van der Waals surface area contributed by atoms with Crippen LogP contribution >= 0.6 is 0 Å². The molecule has 2 aromatic rings. The minimum absolute atomic E-state index is 0.0484. The Morgan fingerprint density at radius 3 is 3.05 bits per heavy atom. The van der Waals surface area contributed by atoms with Gasteiger partial charge < -0.3 is 10.4 Å². The Balaban J connectivity index is 1.62. The molecule has 2 aliphatic carbocycles. The Bertz CT molecular complexity index is 671. The van der Waals surface area contributed by atoms with Gasteiger partial charge in [0, 0.05) is 6.04 Å². The van der Waals surface area contributed by atoms with Gasteiger partial charge in [-0.25, -0.2) is 0 Å². The van der Waals surface area contributed by atoms with Gasteiger partial charge in [-0.05, 0) is 53.7 Å². The fourth-order valence-corrected chi connectivity index (χ4v) is 3.75.